The fourth-order valence-corrected chi connectivity index (χ4v) is 3.19. The van der Waals surface area contributed by atoms with Gasteiger partial charge in [-0.15, -0.1) is 11.6 Å². The van der Waals surface area contributed by atoms with Gasteiger partial charge in [0.1, 0.15) is 5.82 Å². The first-order valence-electron chi connectivity index (χ1n) is 5.22. The van der Waals surface area contributed by atoms with E-state index in [1.165, 1.54) is 0 Å². The van der Waals surface area contributed by atoms with Crippen LogP contribution in [0.5, 0.6) is 0 Å². The molecule has 0 aliphatic carbocycles. The summed E-state index contributed by atoms with van der Waals surface area (Å²) in [4.78, 5) is 18.0. The van der Waals surface area contributed by atoms with Crippen molar-refractivity contribution < 1.29 is 4.79 Å². The highest BCUT2D eigenvalue weighted by Crippen LogP contribution is 2.33. The van der Waals surface area contributed by atoms with E-state index in [-0.39, 0.29) is 11.8 Å². The predicted molar refractivity (Wildman–Crippen MR) is 75.6 cm³/mol. The number of anilines is 1. The molecule has 0 saturated carbocycles. The Morgan fingerprint density at radius 2 is 2.24 bits per heavy atom. The van der Waals surface area contributed by atoms with Gasteiger partial charge in [-0.3, -0.25) is 9.69 Å². The van der Waals surface area contributed by atoms with Crippen molar-refractivity contribution in [3.8, 4) is 0 Å². The summed E-state index contributed by atoms with van der Waals surface area (Å²) in [7, 11) is 0. The molecule has 1 aliphatic rings. The molecule has 2 heterocycles. The number of carbonyl (C=O) groups excluding carboxylic acids is 1. The van der Waals surface area contributed by atoms with Crippen LogP contribution in [0.4, 0.5) is 5.82 Å². The SMILES string of the molecule is Cc1nc(N2CC(CCl)CC2=O)c(Br)cc1Br. The molecule has 6 heteroatoms. The van der Waals surface area contributed by atoms with Crippen LogP contribution < -0.4 is 4.90 Å². The molecule has 1 aromatic rings. The van der Waals surface area contributed by atoms with E-state index in [0.717, 1.165) is 14.6 Å². The van der Waals surface area contributed by atoms with Gasteiger partial charge < -0.3 is 0 Å². The van der Waals surface area contributed by atoms with Crippen molar-refractivity contribution in [1.82, 2.24) is 4.98 Å². The molecule has 1 unspecified atom stereocenters. The zero-order valence-electron chi connectivity index (χ0n) is 9.21. The molecule has 0 bridgehead atoms. The summed E-state index contributed by atoms with van der Waals surface area (Å²) in [5, 5.41) is 0. The molecule has 0 N–H and O–H groups in total. The summed E-state index contributed by atoms with van der Waals surface area (Å²) in [5.74, 6) is 1.51. The fourth-order valence-electron chi connectivity index (χ4n) is 1.82. The van der Waals surface area contributed by atoms with Gasteiger partial charge in [0.05, 0.1) is 10.2 Å². The maximum Gasteiger partial charge on any atom is 0.228 e. The van der Waals surface area contributed by atoms with Crippen molar-refractivity contribution in [1.29, 1.82) is 0 Å². The average molecular weight is 382 g/mol. The summed E-state index contributed by atoms with van der Waals surface area (Å²) >= 11 is 12.7. The van der Waals surface area contributed by atoms with Gasteiger partial charge in [-0.25, -0.2) is 4.98 Å². The molecule has 2 rings (SSSR count). The summed E-state index contributed by atoms with van der Waals surface area (Å²) in [6.45, 7) is 2.55. The van der Waals surface area contributed by atoms with Gasteiger partial charge in [0, 0.05) is 23.3 Å². The van der Waals surface area contributed by atoms with Crippen LogP contribution in [0.25, 0.3) is 0 Å². The highest BCUT2D eigenvalue weighted by atomic mass is 79.9. The lowest BCUT2D eigenvalue weighted by Crippen LogP contribution is -2.26. The largest absolute Gasteiger partial charge is 0.296 e. The first kappa shape index (κ1) is 13.3. The maximum absolute atomic E-state index is 11.9. The van der Waals surface area contributed by atoms with E-state index in [4.69, 9.17) is 11.6 Å². The Bertz CT molecular complexity index is 467. The van der Waals surface area contributed by atoms with Crippen LogP contribution in [0.2, 0.25) is 0 Å². The molecule has 0 radical (unpaired) electrons. The number of carbonyl (C=O) groups is 1. The number of alkyl halides is 1. The monoisotopic (exact) mass is 380 g/mol. The zero-order chi connectivity index (χ0) is 12.6. The molecule has 1 fully saturated rings. The van der Waals surface area contributed by atoms with Crippen LogP contribution in [0, 0.1) is 12.8 Å². The molecular formula is C11H11Br2ClN2O. The molecule has 17 heavy (non-hydrogen) atoms. The molecule has 1 aliphatic heterocycles. The highest BCUT2D eigenvalue weighted by molar-refractivity contribution is 9.11. The van der Waals surface area contributed by atoms with Crippen LogP contribution >= 0.6 is 43.5 Å². The topological polar surface area (TPSA) is 33.2 Å². The Morgan fingerprint density at radius 1 is 1.53 bits per heavy atom. The van der Waals surface area contributed by atoms with Crippen molar-refractivity contribution in [2.45, 2.75) is 13.3 Å². The van der Waals surface area contributed by atoms with Crippen LogP contribution in [-0.2, 0) is 4.79 Å². The zero-order valence-corrected chi connectivity index (χ0v) is 13.1. The van der Waals surface area contributed by atoms with Crippen LogP contribution in [0.3, 0.4) is 0 Å². The number of aryl methyl sites for hydroxylation is 1. The minimum absolute atomic E-state index is 0.0885. The van der Waals surface area contributed by atoms with Crippen molar-refractivity contribution >= 4 is 55.2 Å². The summed E-state index contributed by atoms with van der Waals surface area (Å²) < 4.78 is 1.74. The van der Waals surface area contributed by atoms with Crippen molar-refractivity contribution in [2.24, 2.45) is 5.92 Å². The fraction of sp³-hybridized carbons (Fsp3) is 0.455. The number of nitrogens with zero attached hydrogens (tertiary/aromatic N) is 2. The van der Waals surface area contributed by atoms with E-state index >= 15 is 0 Å². The summed E-state index contributed by atoms with van der Waals surface area (Å²) in [6.07, 6.45) is 0.507. The highest BCUT2D eigenvalue weighted by Gasteiger charge is 2.32. The Kier molecular flexibility index (Phi) is 4.10. The predicted octanol–water partition coefficient (Wildman–Crippen LogP) is 3.51. The number of rotatable bonds is 2. The standard InChI is InChI=1S/C11H11Br2ClN2O/c1-6-8(12)3-9(13)11(15-6)16-5-7(4-14)2-10(16)17/h3,7H,2,4-5H2,1H3. The second-order valence-electron chi connectivity index (χ2n) is 4.09. The number of amides is 1. The number of pyridine rings is 1. The van der Waals surface area contributed by atoms with Gasteiger partial charge in [-0.2, -0.15) is 0 Å². The third-order valence-corrected chi connectivity index (χ3v) is 4.59. The molecule has 0 spiro atoms. The van der Waals surface area contributed by atoms with Gasteiger partial charge in [-0.05, 0) is 50.8 Å². The molecule has 1 atom stereocenters. The van der Waals surface area contributed by atoms with Gasteiger partial charge >= 0.3 is 0 Å². The van der Waals surface area contributed by atoms with Gasteiger partial charge in [-0.1, -0.05) is 0 Å². The lowest BCUT2D eigenvalue weighted by molar-refractivity contribution is -0.117. The third kappa shape index (κ3) is 2.66. The molecular weight excluding hydrogens is 371 g/mol. The minimum Gasteiger partial charge on any atom is -0.296 e. The number of halogens is 3. The molecule has 92 valence electrons. The number of aromatic nitrogens is 1. The molecule has 3 nitrogen and oxygen atoms in total. The van der Waals surface area contributed by atoms with E-state index in [9.17, 15) is 4.79 Å². The molecule has 1 amide bonds. The van der Waals surface area contributed by atoms with Crippen molar-refractivity contribution in [3.05, 3.63) is 20.7 Å². The molecule has 1 saturated heterocycles. The molecule has 0 aromatic carbocycles. The Hall–Kier alpha value is -0.130. The molecule has 1 aromatic heterocycles. The Balaban J connectivity index is 2.35. The Morgan fingerprint density at radius 3 is 2.82 bits per heavy atom. The van der Waals surface area contributed by atoms with Crippen LogP contribution in [0.1, 0.15) is 12.1 Å². The van der Waals surface area contributed by atoms with Gasteiger partial charge in [0.25, 0.3) is 0 Å². The van der Waals surface area contributed by atoms with E-state index in [1.807, 2.05) is 13.0 Å². The van der Waals surface area contributed by atoms with E-state index in [0.29, 0.717) is 24.7 Å². The maximum atomic E-state index is 11.9. The first-order valence-corrected chi connectivity index (χ1v) is 7.34. The van der Waals surface area contributed by atoms with Gasteiger partial charge in [0.2, 0.25) is 5.91 Å². The quantitative estimate of drug-likeness (QED) is 0.734. The second-order valence-corrected chi connectivity index (χ2v) is 6.11. The van der Waals surface area contributed by atoms with Crippen molar-refractivity contribution in [3.63, 3.8) is 0 Å². The third-order valence-electron chi connectivity index (χ3n) is 2.77. The minimum atomic E-state index is 0.0885. The van der Waals surface area contributed by atoms with E-state index in [2.05, 4.69) is 36.8 Å². The van der Waals surface area contributed by atoms with Crippen molar-refractivity contribution in [2.75, 3.05) is 17.3 Å². The second kappa shape index (κ2) is 5.24. The lowest BCUT2D eigenvalue weighted by Gasteiger charge is -2.17. The lowest BCUT2D eigenvalue weighted by atomic mass is 10.1. The van der Waals surface area contributed by atoms with Gasteiger partial charge in [0.15, 0.2) is 0 Å². The van der Waals surface area contributed by atoms with E-state index in [1.54, 1.807) is 4.90 Å². The summed E-state index contributed by atoms with van der Waals surface area (Å²) in [5.41, 5.74) is 0.866. The number of hydrogen-bond acceptors (Lipinski definition) is 2. The smallest absolute Gasteiger partial charge is 0.228 e. The summed E-state index contributed by atoms with van der Waals surface area (Å²) in [6, 6.07) is 1.92. The van der Waals surface area contributed by atoms with Crippen LogP contribution in [-0.4, -0.2) is 23.3 Å². The van der Waals surface area contributed by atoms with E-state index < -0.39 is 0 Å². The average Bonchev–Trinajstić information content (AvgIpc) is 2.65. The number of hydrogen-bond donors (Lipinski definition) is 0. The Labute approximate surface area is 122 Å². The normalized spacial score (nSPS) is 20.1. The van der Waals surface area contributed by atoms with Crippen LogP contribution in [0.15, 0.2) is 15.0 Å². The first-order chi connectivity index (χ1) is 8.02.